The van der Waals surface area contributed by atoms with E-state index in [0.717, 1.165) is 48.3 Å². The normalized spacial score (nSPS) is 23.7. The fourth-order valence-electron chi connectivity index (χ4n) is 4.29. The Hall–Kier alpha value is -2.48. The van der Waals surface area contributed by atoms with Crippen molar-refractivity contribution in [3.63, 3.8) is 0 Å². The molecule has 0 amide bonds. The smallest absolute Gasteiger partial charge is 0.170 e. The highest BCUT2D eigenvalue weighted by Crippen LogP contribution is 2.40. The zero-order valence-corrected chi connectivity index (χ0v) is 17.9. The summed E-state index contributed by atoms with van der Waals surface area (Å²) in [5.41, 5.74) is 2.04. The topological polar surface area (TPSA) is 55.2 Å². The van der Waals surface area contributed by atoms with Crippen molar-refractivity contribution >= 4 is 28.9 Å². The third-order valence-electron chi connectivity index (χ3n) is 5.66. The van der Waals surface area contributed by atoms with Crippen molar-refractivity contribution < 1.29 is 4.74 Å². The van der Waals surface area contributed by atoms with E-state index in [4.69, 9.17) is 28.6 Å². The molecular weight excluding hydrogens is 418 g/mol. The van der Waals surface area contributed by atoms with Crippen molar-refractivity contribution in [1.29, 1.82) is 0 Å². The van der Waals surface area contributed by atoms with Crippen molar-refractivity contribution in [3.8, 4) is 5.82 Å². The first-order chi connectivity index (χ1) is 14.7. The number of aromatic nitrogens is 3. The van der Waals surface area contributed by atoms with E-state index in [2.05, 4.69) is 30.8 Å². The van der Waals surface area contributed by atoms with E-state index < -0.39 is 0 Å². The van der Waals surface area contributed by atoms with Crippen LogP contribution in [0, 0.1) is 0 Å². The summed E-state index contributed by atoms with van der Waals surface area (Å²) in [4.78, 5) is 11.4. The van der Waals surface area contributed by atoms with Crippen molar-refractivity contribution in [2.75, 3.05) is 13.2 Å². The Morgan fingerprint density at radius 2 is 2.10 bits per heavy atom. The molecule has 0 aromatic carbocycles. The summed E-state index contributed by atoms with van der Waals surface area (Å²) in [5, 5.41) is 4.84. The average molecular weight is 440 g/mol. The van der Waals surface area contributed by atoms with Crippen LogP contribution >= 0.6 is 23.8 Å². The molecule has 8 heteroatoms. The maximum absolute atomic E-state index is 6.05. The standard InChI is InChI=1S/C22H22ClN5OS/c23-15-8-9-19(25-13-15)27-11-3-7-18(27)21-20(17-6-1-2-10-24-17)26-22(30)28(21)14-16-5-4-12-29-16/h1-3,6-11,13,16,20-21H,4-5,12,14H2,(H,26,30)/t16-,20+,21+/m0/s1. The first-order valence-corrected chi connectivity index (χ1v) is 10.9. The molecule has 30 heavy (non-hydrogen) atoms. The minimum Gasteiger partial charge on any atom is -0.376 e. The molecule has 154 valence electrons. The van der Waals surface area contributed by atoms with Gasteiger partial charge in [0.05, 0.1) is 28.9 Å². The number of nitrogens with zero attached hydrogens (tertiary/aromatic N) is 4. The Kier molecular flexibility index (Phi) is 5.41. The van der Waals surface area contributed by atoms with Gasteiger partial charge in [-0.05, 0) is 61.5 Å². The number of hydrogen-bond donors (Lipinski definition) is 1. The van der Waals surface area contributed by atoms with Crippen LogP contribution in [-0.4, -0.2) is 43.8 Å². The van der Waals surface area contributed by atoms with Crippen LogP contribution in [0.3, 0.4) is 0 Å². The molecule has 5 rings (SSSR count). The number of hydrogen-bond acceptors (Lipinski definition) is 4. The number of ether oxygens (including phenoxy) is 1. The molecule has 0 aliphatic carbocycles. The molecule has 3 aromatic rings. The van der Waals surface area contributed by atoms with E-state index in [9.17, 15) is 0 Å². The fraction of sp³-hybridized carbons (Fsp3) is 0.318. The van der Waals surface area contributed by atoms with E-state index in [1.165, 1.54) is 0 Å². The Balaban J connectivity index is 1.56. The molecule has 6 nitrogen and oxygen atoms in total. The van der Waals surface area contributed by atoms with Crippen LogP contribution < -0.4 is 5.32 Å². The highest BCUT2D eigenvalue weighted by Gasteiger charge is 2.42. The van der Waals surface area contributed by atoms with Gasteiger partial charge in [0.25, 0.3) is 0 Å². The Morgan fingerprint density at radius 1 is 1.17 bits per heavy atom. The second-order valence-electron chi connectivity index (χ2n) is 7.55. The van der Waals surface area contributed by atoms with Gasteiger partial charge in [-0.15, -0.1) is 0 Å². The first-order valence-electron chi connectivity index (χ1n) is 10.1. The van der Waals surface area contributed by atoms with Crippen LogP contribution in [0.15, 0.2) is 61.1 Å². The number of thiocarbonyl (C=S) groups is 1. The van der Waals surface area contributed by atoms with Crippen LogP contribution in [-0.2, 0) is 4.74 Å². The lowest BCUT2D eigenvalue weighted by atomic mass is 10.0. The highest BCUT2D eigenvalue weighted by atomic mass is 35.5. The van der Waals surface area contributed by atoms with Gasteiger partial charge in [0, 0.05) is 37.4 Å². The molecule has 0 radical (unpaired) electrons. The van der Waals surface area contributed by atoms with Crippen LogP contribution in [0.4, 0.5) is 0 Å². The third kappa shape index (κ3) is 3.69. The second-order valence-corrected chi connectivity index (χ2v) is 8.37. The maximum Gasteiger partial charge on any atom is 0.170 e. The van der Waals surface area contributed by atoms with E-state index in [1.54, 1.807) is 6.20 Å². The van der Waals surface area contributed by atoms with Gasteiger partial charge >= 0.3 is 0 Å². The van der Waals surface area contributed by atoms with Crippen molar-refractivity contribution in [1.82, 2.24) is 24.8 Å². The predicted octanol–water partition coefficient (Wildman–Crippen LogP) is 4.07. The summed E-state index contributed by atoms with van der Waals surface area (Å²) in [5.74, 6) is 0.814. The van der Waals surface area contributed by atoms with Crippen LogP contribution in [0.1, 0.15) is 36.3 Å². The largest absolute Gasteiger partial charge is 0.376 e. The van der Waals surface area contributed by atoms with Gasteiger partial charge in [0.15, 0.2) is 5.11 Å². The van der Waals surface area contributed by atoms with Crippen molar-refractivity contribution in [2.45, 2.75) is 31.0 Å². The number of rotatable bonds is 5. The second kappa shape index (κ2) is 8.34. The molecule has 2 aliphatic rings. The van der Waals surface area contributed by atoms with E-state index in [-0.39, 0.29) is 18.2 Å². The van der Waals surface area contributed by atoms with Crippen LogP contribution in [0.2, 0.25) is 5.02 Å². The number of nitrogens with one attached hydrogen (secondary N) is 1. The minimum atomic E-state index is -0.0685. The van der Waals surface area contributed by atoms with Crippen LogP contribution in [0.5, 0.6) is 0 Å². The monoisotopic (exact) mass is 439 g/mol. The van der Waals surface area contributed by atoms with Gasteiger partial charge in [-0.1, -0.05) is 17.7 Å². The molecule has 0 saturated carbocycles. The molecule has 0 bridgehead atoms. The third-order valence-corrected chi connectivity index (χ3v) is 6.24. The lowest BCUT2D eigenvalue weighted by molar-refractivity contribution is 0.0836. The predicted molar refractivity (Wildman–Crippen MR) is 120 cm³/mol. The summed E-state index contributed by atoms with van der Waals surface area (Å²) < 4.78 is 8.01. The molecule has 0 spiro atoms. The number of halogens is 1. The average Bonchev–Trinajstić information content (AvgIpc) is 3.51. The molecule has 1 N–H and O–H groups in total. The van der Waals surface area contributed by atoms with E-state index in [0.29, 0.717) is 5.02 Å². The van der Waals surface area contributed by atoms with Crippen LogP contribution in [0.25, 0.3) is 5.82 Å². The van der Waals surface area contributed by atoms with Gasteiger partial charge in [-0.25, -0.2) is 4.98 Å². The molecule has 2 aliphatic heterocycles. The van der Waals surface area contributed by atoms with Gasteiger partial charge in [0.2, 0.25) is 0 Å². The summed E-state index contributed by atoms with van der Waals surface area (Å²) in [6.45, 7) is 1.57. The molecule has 2 fully saturated rings. The Labute approximate surface area is 185 Å². The minimum absolute atomic E-state index is 0.0379. The molecular formula is C22H22ClN5OS. The molecule has 3 atom stereocenters. The van der Waals surface area contributed by atoms with Gasteiger partial charge in [-0.2, -0.15) is 0 Å². The van der Waals surface area contributed by atoms with Crippen molar-refractivity contribution in [2.24, 2.45) is 0 Å². The zero-order chi connectivity index (χ0) is 20.5. The summed E-state index contributed by atoms with van der Waals surface area (Å²) in [6, 6.07) is 13.8. The highest BCUT2D eigenvalue weighted by molar-refractivity contribution is 7.80. The van der Waals surface area contributed by atoms with E-state index >= 15 is 0 Å². The first kappa shape index (κ1) is 19.5. The summed E-state index contributed by atoms with van der Waals surface area (Å²) >= 11 is 11.8. The Morgan fingerprint density at radius 3 is 2.83 bits per heavy atom. The fourth-order valence-corrected chi connectivity index (χ4v) is 4.71. The Bertz CT molecular complexity index is 1020. The van der Waals surface area contributed by atoms with Gasteiger partial charge in [0.1, 0.15) is 5.82 Å². The lowest BCUT2D eigenvalue weighted by Crippen LogP contribution is -2.36. The summed E-state index contributed by atoms with van der Waals surface area (Å²) in [6.07, 6.45) is 7.84. The quantitative estimate of drug-likeness (QED) is 0.605. The van der Waals surface area contributed by atoms with Gasteiger partial charge in [-0.3, -0.25) is 4.98 Å². The summed E-state index contributed by atoms with van der Waals surface area (Å²) in [7, 11) is 0. The SMILES string of the molecule is S=C1N[C@H](c2ccccn2)[C@@H](c2cccn2-c2ccc(Cl)cn2)N1C[C@@H]1CCCO1. The molecule has 5 heterocycles. The molecule has 3 aromatic heterocycles. The van der Waals surface area contributed by atoms with Crippen molar-refractivity contribution in [3.05, 3.63) is 77.5 Å². The lowest BCUT2D eigenvalue weighted by Gasteiger charge is -2.30. The zero-order valence-electron chi connectivity index (χ0n) is 16.3. The molecule has 0 unspecified atom stereocenters. The van der Waals surface area contributed by atoms with E-state index in [1.807, 2.05) is 48.8 Å². The molecule has 2 saturated heterocycles. The maximum atomic E-state index is 6.05. The van der Waals surface area contributed by atoms with Gasteiger partial charge < -0.3 is 19.5 Å². The number of pyridine rings is 2.